The number of rotatable bonds is 4. The number of hydrogen-bond donors (Lipinski definition) is 1. The lowest BCUT2D eigenvalue weighted by atomic mass is 9.74. The summed E-state index contributed by atoms with van der Waals surface area (Å²) in [4.78, 5) is 12.1. The number of aliphatic hydroxyl groups is 1. The van der Waals surface area contributed by atoms with Crippen LogP contribution in [0, 0.1) is 5.92 Å². The lowest BCUT2D eigenvalue weighted by Crippen LogP contribution is -2.33. The van der Waals surface area contributed by atoms with E-state index in [0.29, 0.717) is 6.42 Å². The van der Waals surface area contributed by atoms with Gasteiger partial charge in [-0.15, -0.1) is 0 Å². The summed E-state index contributed by atoms with van der Waals surface area (Å²) >= 11 is 0. The van der Waals surface area contributed by atoms with Crippen molar-refractivity contribution in [1.82, 2.24) is 0 Å². The Kier molecular flexibility index (Phi) is 4.74. The molecule has 0 amide bonds. The predicted molar refractivity (Wildman–Crippen MR) is 73.7 cm³/mol. The normalized spacial score (nSPS) is 26.7. The summed E-state index contributed by atoms with van der Waals surface area (Å²) < 4.78 is 5.16. The first kappa shape index (κ1) is 13.8. The first-order valence-electron chi connectivity index (χ1n) is 6.73. The standard InChI is InChI=1S/C16H20O3/c1-2-10-19-16(18)15-11-13(17)8-9-14(15)12-6-4-3-5-7-12/h2-7,13-15,17H,1,8-11H2. The fourth-order valence-electron chi connectivity index (χ4n) is 2.76. The Labute approximate surface area is 113 Å². The van der Waals surface area contributed by atoms with E-state index in [1.54, 1.807) is 6.08 Å². The van der Waals surface area contributed by atoms with Crippen molar-refractivity contribution in [2.75, 3.05) is 6.61 Å². The number of hydrogen-bond acceptors (Lipinski definition) is 3. The predicted octanol–water partition coefficient (Wildman–Crippen LogP) is 2.66. The smallest absolute Gasteiger partial charge is 0.309 e. The Balaban J connectivity index is 2.15. The second-order valence-electron chi connectivity index (χ2n) is 5.01. The molecule has 0 aromatic heterocycles. The summed E-state index contributed by atoms with van der Waals surface area (Å²) in [5.41, 5.74) is 1.15. The Hall–Kier alpha value is -1.61. The average molecular weight is 260 g/mol. The molecule has 1 aromatic rings. The maximum Gasteiger partial charge on any atom is 0.309 e. The zero-order chi connectivity index (χ0) is 13.7. The molecule has 1 aliphatic carbocycles. The van der Waals surface area contributed by atoms with Gasteiger partial charge < -0.3 is 9.84 Å². The summed E-state index contributed by atoms with van der Waals surface area (Å²) in [6.45, 7) is 3.77. The van der Waals surface area contributed by atoms with Gasteiger partial charge >= 0.3 is 5.97 Å². The molecule has 1 N–H and O–H groups in total. The minimum Gasteiger partial charge on any atom is -0.461 e. The highest BCUT2D eigenvalue weighted by molar-refractivity contribution is 5.74. The molecule has 1 aliphatic rings. The SMILES string of the molecule is C=CCOC(=O)C1CC(O)CCC1c1ccccc1. The molecule has 0 spiro atoms. The van der Waals surface area contributed by atoms with Crippen molar-refractivity contribution in [2.24, 2.45) is 5.92 Å². The Morgan fingerprint density at radius 1 is 1.37 bits per heavy atom. The summed E-state index contributed by atoms with van der Waals surface area (Å²) in [5.74, 6) is -0.347. The zero-order valence-corrected chi connectivity index (χ0v) is 11.0. The number of aliphatic hydroxyl groups excluding tert-OH is 1. The highest BCUT2D eigenvalue weighted by atomic mass is 16.5. The molecule has 0 radical (unpaired) electrons. The lowest BCUT2D eigenvalue weighted by molar-refractivity contribution is -0.150. The molecule has 0 heterocycles. The van der Waals surface area contributed by atoms with Gasteiger partial charge in [0.25, 0.3) is 0 Å². The Morgan fingerprint density at radius 3 is 2.79 bits per heavy atom. The maximum absolute atomic E-state index is 12.1. The summed E-state index contributed by atoms with van der Waals surface area (Å²) in [5, 5.41) is 9.79. The zero-order valence-electron chi connectivity index (χ0n) is 11.0. The van der Waals surface area contributed by atoms with Crippen molar-refractivity contribution in [2.45, 2.75) is 31.3 Å². The van der Waals surface area contributed by atoms with Gasteiger partial charge in [-0.2, -0.15) is 0 Å². The molecular formula is C16H20O3. The molecule has 19 heavy (non-hydrogen) atoms. The largest absolute Gasteiger partial charge is 0.461 e. The van der Waals surface area contributed by atoms with E-state index in [9.17, 15) is 9.90 Å². The van der Waals surface area contributed by atoms with Gasteiger partial charge in [-0.1, -0.05) is 43.0 Å². The summed E-state index contributed by atoms with van der Waals surface area (Å²) in [6, 6.07) is 10.00. The molecule has 3 atom stereocenters. The molecular weight excluding hydrogens is 240 g/mol. The minimum absolute atomic E-state index is 0.141. The summed E-state index contributed by atoms with van der Waals surface area (Å²) in [7, 11) is 0. The van der Waals surface area contributed by atoms with Crippen molar-refractivity contribution in [3.8, 4) is 0 Å². The van der Waals surface area contributed by atoms with Crippen LogP contribution in [-0.2, 0) is 9.53 Å². The van der Waals surface area contributed by atoms with Crippen molar-refractivity contribution in [3.05, 3.63) is 48.6 Å². The molecule has 3 nitrogen and oxygen atoms in total. The van der Waals surface area contributed by atoms with Gasteiger partial charge in [-0.05, 0) is 30.7 Å². The van der Waals surface area contributed by atoms with E-state index in [1.165, 1.54) is 0 Å². The molecule has 0 bridgehead atoms. The molecule has 102 valence electrons. The van der Waals surface area contributed by atoms with Crippen LogP contribution in [0.1, 0.15) is 30.7 Å². The third kappa shape index (κ3) is 3.44. The second kappa shape index (κ2) is 6.53. The van der Waals surface area contributed by atoms with Crippen LogP contribution >= 0.6 is 0 Å². The number of ether oxygens (including phenoxy) is 1. The third-order valence-corrected chi connectivity index (χ3v) is 3.70. The van der Waals surface area contributed by atoms with Crippen LogP contribution in [0.4, 0.5) is 0 Å². The van der Waals surface area contributed by atoms with E-state index in [0.717, 1.165) is 18.4 Å². The fraction of sp³-hybridized carbons (Fsp3) is 0.438. The van der Waals surface area contributed by atoms with Gasteiger partial charge in [-0.3, -0.25) is 4.79 Å². The number of carbonyl (C=O) groups excluding carboxylic acids is 1. The monoisotopic (exact) mass is 260 g/mol. The summed E-state index contributed by atoms with van der Waals surface area (Å²) in [6.07, 6.45) is 3.20. The maximum atomic E-state index is 12.1. The van der Waals surface area contributed by atoms with Crippen molar-refractivity contribution in [3.63, 3.8) is 0 Å². The van der Waals surface area contributed by atoms with Crippen molar-refractivity contribution in [1.29, 1.82) is 0 Å². The van der Waals surface area contributed by atoms with E-state index in [4.69, 9.17) is 4.74 Å². The molecule has 3 unspecified atom stereocenters. The molecule has 3 heteroatoms. The number of benzene rings is 1. The van der Waals surface area contributed by atoms with Crippen LogP contribution in [0.25, 0.3) is 0 Å². The van der Waals surface area contributed by atoms with E-state index in [1.807, 2.05) is 30.3 Å². The second-order valence-corrected chi connectivity index (χ2v) is 5.01. The molecule has 1 saturated carbocycles. The lowest BCUT2D eigenvalue weighted by Gasteiger charge is -2.32. The molecule has 0 aliphatic heterocycles. The van der Waals surface area contributed by atoms with Crippen molar-refractivity contribution >= 4 is 5.97 Å². The highest BCUT2D eigenvalue weighted by Gasteiger charge is 2.36. The van der Waals surface area contributed by atoms with Gasteiger partial charge in [0.15, 0.2) is 0 Å². The van der Waals surface area contributed by atoms with Crippen LogP contribution in [0.15, 0.2) is 43.0 Å². The van der Waals surface area contributed by atoms with Crippen LogP contribution in [0.3, 0.4) is 0 Å². The van der Waals surface area contributed by atoms with Crippen molar-refractivity contribution < 1.29 is 14.6 Å². The minimum atomic E-state index is -0.402. The fourth-order valence-corrected chi connectivity index (χ4v) is 2.76. The first-order chi connectivity index (χ1) is 9.22. The van der Waals surface area contributed by atoms with Crippen LogP contribution in [-0.4, -0.2) is 23.8 Å². The van der Waals surface area contributed by atoms with Gasteiger partial charge in [0.2, 0.25) is 0 Å². The molecule has 1 aromatic carbocycles. The van der Waals surface area contributed by atoms with E-state index >= 15 is 0 Å². The average Bonchev–Trinajstić information content (AvgIpc) is 2.45. The van der Waals surface area contributed by atoms with Gasteiger partial charge in [0.1, 0.15) is 6.61 Å². The van der Waals surface area contributed by atoms with Crippen LogP contribution in [0.5, 0.6) is 0 Å². The quantitative estimate of drug-likeness (QED) is 0.668. The molecule has 0 saturated heterocycles. The van der Waals surface area contributed by atoms with E-state index in [-0.39, 0.29) is 24.4 Å². The number of esters is 1. The van der Waals surface area contributed by atoms with Crippen LogP contribution < -0.4 is 0 Å². The Bertz CT molecular complexity index is 427. The highest BCUT2D eigenvalue weighted by Crippen LogP contribution is 2.38. The molecule has 1 fully saturated rings. The van der Waals surface area contributed by atoms with Gasteiger partial charge in [0, 0.05) is 0 Å². The Morgan fingerprint density at radius 2 is 2.11 bits per heavy atom. The third-order valence-electron chi connectivity index (χ3n) is 3.70. The van der Waals surface area contributed by atoms with Crippen LogP contribution in [0.2, 0.25) is 0 Å². The topological polar surface area (TPSA) is 46.5 Å². The number of carbonyl (C=O) groups is 1. The van der Waals surface area contributed by atoms with Gasteiger partial charge in [0.05, 0.1) is 12.0 Å². The van der Waals surface area contributed by atoms with Gasteiger partial charge in [-0.25, -0.2) is 0 Å². The first-order valence-corrected chi connectivity index (χ1v) is 6.73. The van der Waals surface area contributed by atoms with E-state index < -0.39 is 6.10 Å². The van der Waals surface area contributed by atoms with E-state index in [2.05, 4.69) is 6.58 Å². The molecule has 2 rings (SSSR count).